The Kier molecular flexibility index (Phi) is 6.26. The van der Waals surface area contributed by atoms with E-state index >= 15 is 0 Å². The molecular formula is C19H23ClN2O3. The molecule has 2 rings (SSSR count). The number of hydrogen-bond acceptors (Lipinski definition) is 3. The van der Waals surface area contributed by atoms with Gasteiger partial charge in [0.15, 0.2) is 0 Å². The van der Waals surface area contributed by atoms with Crippen LogP contribution in [0.25, 0.3) is 0 Å². The van der Waals surface area contributed by atoms with Gasteiger partial charge in [0.2, 0.25) is 5.56 Å². The predicted octanol–water partition coefficient (Wildman–Crippen LogP) is 3.28. The van der Waals surface area contributed by atoms with Crippen LogP contribution in [0.1, 0.15) is 41.3 Å². The van der Waals surface area contributed by atoms with Gasteiger partial charge in [-0.05, 0) is 42.2 Å². The molecule has 0 saturated carbocycles. The summed E-state index contributed by atoms with van der Waals surface area (Å²) < 4.78 is 7.21. The van der Waals surface area contributed by atoms with Crippen LogP contribution in [0.5, 0.6) is 5.75 Å². The minimum absolute atomic E-state index is 0.154. The van der Waals surface area contributed by atoms with Gasteiger partial charge in [0.05, 0.1) is 12.1 Å². The van der Waals surface area contributed by atoms with Gasteiger partial charge in [-0.3, -0.25) is 9.59 Å². The van der Waals surface area contributed by atoms with Crippen LogP contribution in [0.3, 0.4) is 0 Å². The number of benzene rings is 1. The minimum Gasteiger partial charge on any atom is -0.491 e. The molecule has 1 aromatic carbocycles. The number of pyridine rings is 1. The van der Waals surface area contributed by atoms with Crippen LogP contribution in [0.2, 0.25) is 5.02 Å². The van der Waals surface area contributed by atoms with Crippen molar-refractivity contribution in [3.05, 3.63) is 62.5 Å². The van der Waals surface area contributed by atoms with Crippen molar-refractivity contribution in [1.82, 2.24) is 9.88 Å². The molecule has 0 bridgehead atoms. The summed E-state index contributed by atoms with van der Waals surface area (Å²) in [4.78, 5) is 23.4. The number of halogens is 1. The molecule has 0 fully saturated rings. The van der Waals surface area contributed by atoms with Crippen molar-refractivity contribution in [2.45, 2.75) is 26.7 Å². The second kappa shape index (κ2) is 8.21. The Morgan fingerprint density at radius 3 is 2.68 bits per heavy atom. The number of carbonyl (C=O) groups excluding carboxylic acids is 1. The Bertz CT molecular complexity index is 828. The lowest BCUT2D eigenvalue weighted by Gasteiger charge is -2.16. The molecule has 0 unspecified atom stereocenters. The first-order valence-corrected chi connectivity index (χ1v) is 8.55. The number of ether oxygens (including phenoxy) is 1. The van der Waals surface area contributed by atoms with E-state index in [-0.39, 0.29) is 17.4 Å². The summed E-state index contributed by atoms with van der Waals surface area (Å²) in [6, 6.07) is 6.74. The highest BCUT2D eigenvalue weighted by Crippen LogP contribution is 2.31. The number of nitrogens with one attached hydrogen (secondary N) is 1. The maximum absolute atomic E-state index is 12.1. The van der Waals surface area contributed by atoms with E-state index in [9.17, 15) is 9.59 Å². The minimum atomic E-state index is -0.240. The quantitative estimate of drug-likeness (QED) is 0.802. The molecule has 6 heteroatoms. The fraction of sp³-hybridized carbons (Fsp3) is 0.368. The zero-order valence-electron chi connectivity index (χ0n) is 14.9. The number of carbonyl (C=O) groups is 1. The monoisotopic (exact) mass is 362 g/mol. The predicted molar refractivity (Wildman–Crippen MR) is 99.8 cm³/mol. The molecule has 0 spiro atoms. The summed E-state index contributed by atoms with van der Waals surface area (Å²) in [5.41, 5.74) is 2.28. The van der Waals surface area contributed by atoms with Crippen LogP contribution < -0.4 is 15.6 Å². The number of amides is 1. The Hall–Kier alpha value is -2.27. The van der Waals surface area contributed by atoms with Crippen molar-refractivity contribution in [1.29, 1.82) is 0 Å². The zero-order valence-corrected chi connectivity index (χ0v) is 15.7. The van der Waals surface area contributed by atoms with Gasteiger partial charge in [-0.15, -0.1) is 0 Å². The number of aryl methyl sites for hydroxylation is 2. The smallest absolute Gasteiger partial charge is 0.252 e. The van der Waals surface area contributed by atoms with Crippen molar-refractivity contribution < 1.29 is 9.53 Å². The van der Waals surface area contributed by atoms with Crippen molar-refractivity contribution in [2.24, 2.45) is 7.05 Å². The Morgan fingerprint density at radius 1 is 1.32 bits per heavy atom. The van der Waals surface area contributed by atoms with Crippen molar-refractivity contribution >= 4 is 17.5 Å². The highest BCUT2D eigenvalue weighted by Gasteiger charge is 2.11. The number of nitrogens with zero attached hydrogens (tertiary/aromatic N) is 1. The van der Waals surface area contributed by atoms with Crippen LogP contribution in [0, 0.1) is 6.92 Å². The van der Waals surface area contributed by atoms with Crippen LogP contribution >= 0.6 is 11.6 Å². The van der Waals surface area contributed by atoms with Gasteiger partial charge in [-0.1, -0.05) is 25.4 Å². The molecule has 0 atom stereocenters. The van der Waals surface area contributed by atoms with Crippen molar-refractivity contribution in [2.75, 3.05) is 13.2 Å². The Labute approximate surface area is 152 Å². The Balaban J connectivity index is 1.95. The van der Waals surface area contributed by atoms with Crippen LogP contribution in [0.4, 0.5) is 0 Å². The standard InChI is InChI=1S/C19H23ClN2O3/c1-12(2)15-10-16(20)13(3)9-17(15)25-8-7-21-19(24)14-5-6-18(23)22(4)11-14/h5-6,9-12H,7-8H2,1-4H3,(H,21,24). The van der Waals surface area contributed by atoms with Gasteiger partial charge in [0.25, 0.3) is 5.91 Å². The average Bonchev–Trinajstić information content (AvgIpc) is 2.56. The molecule has 5 nitrogen and oxygen atoms in total. The van der Waals surface area contributed by atoms with E-state index in [0.29, 0.717) is 18.7 Å². The lowest BCUT2D eigenvalue weighted by Crippen LogP contribution is -2.29. The summed E-state index contributed by atoms with van der Waals surface area (Å²) >= 11 is 6.19. The Morgan fingerprint density at radius 2 is 2.04 bits per heavy atom. The molecule has 0 aliphatic heterocycles. The molecule has 0 aliphatic rings. The first kappa shape index (κ1) is 19.1. The molecule has 1 N–H and O–H groups in total. The van der Waals surface area contributed by atoms with Crippen LogP contribution in [-0.4, -0.2) is 23.6 Å². The lowest BCUT2D eigenvalue weighted by molar-refractivity contribution is 0.0946. The van der Waals surface area contributed by atoms with Gasteiger partial charge < -0.3 is 14.6 Å². The van der Waals surface area contributed by atoms with E-state index in [1.54, 1.807) is 7.05 Å². The molecule has 1 aromatic heterocycles. The third-order valence-corrected chi connectivity index (χ3v) is 4.31. The summed E-state index contributed by atoms with van der Waals surface area (Å²) in [6.45, 7) is 6.80. The first-order valence-electron chi connectivity index (χ1n) is 8.17. The van der Waals surface area contributed by atoms with Gasteiger partial charge >= 0.3 is 0 Å². The SMILES string of the molecule is Cc1cc(OCCNC(=O)c2ccc(=O)n(C)c2)c(C(C)C)cc1Cl. The maximum atomic E-state index is 12.1. The molecule has 0 aliphatic carbocycles. The van der Waals surface area contributed by atoms with Gasteiger partial charge in [0, 0.05) is 24.3 Å². The summed E-state index contributed by atoms with van der Waals surface area (Å²) in [5, 5.41) is 3.51. The molecule has 134 valence electrons. The van der Waals surface area contributed by atoms with Gasteiger partial charge in [0.1, 0.15) is 12.4 Å². The highest BCUT2D eigenvalue weighted by atomic mass is 35.5. The van der Waals surface area contributed by atoms with Crippen molar-refractivity contribution in [3.8, 4) is 5.75 Å². The average molecular weight is 363 g/mol. The molecule has 0 saturated heterocycles. The summed E-state index contributed by atoms with van der Waals surface area (Å²) in [7, 11) is 1.61. The second-order valence-corrected chi connectivity index (χ2v) is 6.67. The van der Waals surface area contributed by atoms with E-state index in [1.165, 1.54) is 22.9 Å². The molecule has 1 heterocycles. The topological polar surface area (TPSA) is 60.3 Å². The second-order valence-electron chi connectivity index (χ2n) is 6.27. The van der Waals surface area contributed by atoms with Gasteiger partial charge in [-0.2, -0.15) is 0 Å². The maximum Gasteiger partial charge on any atom is 0.252 e. The van der Waals surface area contributed by atoms with Gasteiger partial charge in [-0.25, -0.2) is 0 Å². The third-order valence-electron chi connectivity index (χ3n) is 3.91. The lowest BCUT2D eigenvalue weighted by atomic mass is 10.0. The highest BCUT2D eigenvalue weighted by molar-refractivity contribution is 6.31. The number of hydrogen-bond donors (Lipinski definition) is 1. The number of aromatic nitrogens is 1. The van der Waals surface area contributed by atoms with E-state index < -0.39 is 0 Å². The fourth-order valence-electron chi connectivity index (χ4n) is 2.40. The van der Waals surface area contributed by atoms with Crippen LogP contribution in [0.15, 0.2) is 35.3 Å². The molecule has 2 aromatic rings. The fourth-order valence-corrected chi connectivity index (χ4v) is 2.57. The summed E-state index contributed by atoms with van der Waals surface area (Å²) in [5.74, 6) is 0.831. The molecule has 0 radical (unpaired) electrons. The van der Waals surface area contributed by atoms with E-state index in [2.05, 4.69) is 19.2 Å². The normalized spacial score (nSPS) is 10.8. The van der Waals surface area contributed by atoms with Crippen molar-refractivity contribution in [3.63, 3.8) is 0 Å². The largest absolute Gasteiger partial charge is 0.491 e. The molecule has 1 amide bonds. The van der Waals surface area contributed by atoms with E-state index in [0.717, 1.165) is 21.9 Å². The summed E-state index contributed by atoms with van der Waals surface area (Å²) in [6.07, 6.45) is 1.51. The zero-order chi connectivity index (χ0) is 18.6. The van der Waals surface area contributed by atoms with Crippen LogP contribution in [-0.2, 0) is 7.05 Å². The number of rotatable bonds is 6. The third kappa shape index (κ3) is 4.86. The van der Waals surface area contributed by atoms with E-state index in [4.69, 9.17) is 16.3 Å². The van der Waals surface area contributed by atoms with E-state index in [1.807, 2.05) is 19.1 Å². The molecule has 25 heavy (non-hydrogen) atoms. The first-order chi connectivity index (χ1) is 11.8. The molecular weight excluding hydrogens is 340 g/mol.